The fraction of sp³-hybridized carbons (Fsp3) is 0.250. The number of benzene rings is 2. The van der Waals surface area contributed by atoms with Crippen molar-refractivity contribution >= 4 is 27.4 Å². The first kappa shape index (κ1) is 17.4. The van der Waals surface area contributed by atoms with Gasteiger partial charge in [-0.2, -0.15) is 0 Å². The van der Waals surface area contributed by atoms with Gasteiger partial charge in [0.05, 0.1) is 5.39 Å². The second-order valence-corrected chi connectivity index (χ2v) is 8.60. The van der Waals surface area contributed by atoms with Crippen molar-refractivity contribution in [1.29, 1.82) is 0 Å². The van der Waals surface area contributed by atoms with Gasteiger partial charge in [0, 0.05) is 24.0 Å². The molecule has 28 heavy (non-hydrogen) atoms. The van der Waals surface area contributed by atoms with E-state index in [1.54, 1.807) is 17.7 Å². The van der Waals surface area contributed by atoms with Gasteiger partial charge in [-0.1, -0.05) is 62.4 Å². The lowest BCUT2D eigenvalue weighted by molar-refractivity contribution is 0.723. The number of aromatic nitrogens is 2. The molecule has 0 atom stereocenters. The van der Waals surface area contributed by atoms with Gasteiger partial charge in [-0.05, 0) is 34.6 Å². The minimum Gasteiger partial charge on any atom is -0.351 e. The molecule has 0 unspecified atom stereocenters. The summed E-state index contributed by atoms with van der Waals surface area (Å²) in [6, 6.07) is 17.7. The largest absolute Gasteiger partial charge is 0.351 e. The van der Waals surface area contributed by atoms with E-state index in [-0.39, 0.29) is 0 Å². The normalized spacial score (nSPS) is 13.9. The fourth-order valence-electron chi connectivity index (χ4n) is 4.04. The Hall–Kier alpha value is -2.72. The molecule has 140 valence electrons. The molecule has 2 aromatic heterocycles. The van der Waals surface area contributed by atoms with Crippen molar-refractivity contribution < 1.29 is 0 Å². The minimum atomic E-state index is 0.542. The van der Waals surface area contributed by atoms with Crippen LogP contribution >= 0.6 is 11.3 Å². The maximum Gasteiger partial charge on any atom is 0.141 e. The summed E-state index contributed by atoms with van der Waals surface area (Å²) < 4.78 is 0. The van der Waals surface area contributed by atoms with Crippen LogP contribution < -0.4 is 4.90 Å². The molecule has 0 saturated heterocycles. The summed E-state index contributed by atoms with van der Waals surface area (Å²) in [6.07, 6.45) is 2.77. The SMILES string of the molecule is CC(C)c1ccc(-c2csc3ncnc(N4CCc5ccccc5C4)c23)cc1. The molecule has 0 saturated carbocycles. The van der Waals surface area contributed by atoms with Crippen LogP contribution in [0.1, 0.15) is 36.5 Å². The van der Waals surface area contributed by atoms with Crippen LogP contribution in [0.15, 0.2) is 60.2 Å². The molecule has 3 heterocycles. The maximum atomic E-state index is 4.73. The van der Waals surface area contributed by atoms with Crippen molar-refractivity contribution in [3.63, 3.8) is 0 Å². The Morgan fingerprint density at radius 2 is 1.75 bits per heavy atom. The molecule has 0 bridgehead atoms. The second-order valence-electron chi connectivity index (χ2n) is 7.74. The van der Waals surface area contributed by atoms with Crippen LogP contribution in [0.2, 0.25) is 0 Å². The van der Waals surface area contributed by atoms with Gasteiger partial charge in [0.2, 0.25) is 0 Å². The molecule has 5 rings (SSSR count). The van der Waals surface area contributed by atoms with Crippen molar-refractivity contribution in [2.75, 3.05) is 11.4 Å². The van der Waals surface area contributed by atoms with E-state index in [1.807, 2.05) is 0 Å². The molecular formula is C24H23N3S. The van der Waals surface area contributed by atoms with Gasteiger partial charge < -0.3 is 4.90 Å². The van der Waals surface area contributed by atoms with Crippen LogP contribution in [-0.2, 0) is 13.0 Å². The number of hydrogen-bond acceptors (Lipinski definition) is 4. The first-order valence-electron chi connectivity index (χ1n) is 9.85. The van der Waals surface area contributed by atoms with E-state index in [4.69, 9.17) is 4.98 Å². The van der Waals surface area contributed by atoms with Gasteiger partial charge in [-0.25, -0.2) is 9.97 Å². The van der Waals surface area contributed by atoms with E-state index < -0.39 is 0 Å². The Labute approximate surface area is 169 Å². The molecule has 1 aliphatic heterocycles. The van der Waals surface area contributed by atoms with Crippen LogP contribution in [0.4, 0.5) is 5.82 Å². The zero-order valence-corrected chi connectivity index (χ0v) is 17.0. The number of hydrogen-bond donors (Lipinski definition) is 0. The second kappa shape index (κ2) is 7.02. The third kappa shape index (κ3) is 2.98. The molecule has 0 spiro atoms. The van der Waals surface area contributed by atoms with Gasteiger partial charge in [0.25, 0.3) is 0 Å². The summed E-state index contributed by atoms with van der Waals surface area (Å²) in [6.45, 7) is 6.36. The molecule has 2 aromatic carbocycles. The predicted octanol–water partition coefficient (Wildman–Crippen LogP) is 6.04. The topological polar surface area (TPSA) is 29.0 Å². The van der Waals surface area contributed by atoms with Crippen LogP contribution in [0.3, 0.4) is 0 Å². The van der Waals surface area contributed by atoms with Crippen molar-refractivity contribution in [2.45, 2.75) is 32.7 Å². The van der Waals surface area contributed by atoms with Crippen molar-refractivity contribution in [1.82, 2.24) is 9.97 Å². The number of anilines is 1. The van der Waals surface area contributed by atoms with Crippen molar-refractivity contribution in [3.8, 4) is 11.1 Å². The van der Waals surface area contributed by atoms with E-state index in [2.05, 4.69) is 77.6 Å². The molecule has 0 N–H and O–H groups in total. The van der Waals surface area contributed by atoms with E-state index >= 15 is 0 Å². The smallest absolute Gasteiger partial charge is 0.141 e. The molecule has 0 radical (unpaired) electrons. The van der Waals surface area contributed by atoms with E-state index in [0.717, 1.165) is 30.2 Å². The summed E-state index contributed by atoms with van der Waals surface area (Å²) in [5, 5.41) is 3.41. The molecule has 3 nitrogen and oxygen atoms in total. The third-order valence-corrected chi connectivity index (χ3v) is 6.56. The maximum absolute atomic E-state index is 4.73. The first-order valence-corrected chi connectivity index (χ1v) is 10.7. The average molecular weight is 386 g/mol. The van der Waals surface area contributed by atoms with Gasteiger partial charge >= 0.3 is 0 Å². The minimum absolute atomic E-state index is 0.542. The summed E-state index contributed by atoms with van der Waals surface area (Å²) in [5.74, 6) is 1.60. The van der Waals surface area contributed by atoms with Crippen LogP contribution in [0.25, 0.3) is 21.3 Å². The van der Waals surface area contributed by atoms with E-state index in [0.29, 0.717) is 5.92 Å². The first-order chi connectivity index (χ1) is 13.7. The Morgan fingerprint density at radius 1 is 0.964 bits per heavy atom. The van der Waals surface area contributed by atoms with E-state index in [1.165, 1.54) is 33.2 Å². The lowest BCUT2D eigenvalue weighted by atomic mass is 9.98. The molecule has 4 aromatic rings. The Bertz CT molecular complexity index is 1130. The van der Waals surface area contributed by atoms with Gasteiger partial charge in [-0.3, -0.25) is 0 Å². The quantitative estimate of drug-likeness (QED) is 0.430. The van der Waals surface area contributed by atoms with Crippen LogP contribution in [0.5, 0.6) is 0 Å². The Kier molecular flexibility index (Phi) is 4.36. The van der Waals surface area contributed by atoms with Crippen molar-refractivity contribution in [2.24, 2.45) is 0 Å². The molecule has 0 aliphatic carbocycles. The summed E-state index contributed by atoms with van der Waals surface area (Å²) in [7, 11) is 0. The highest BCUT2D eigenvalue weighted by molar-refractivity contribution is 7.17. The van der Waals surface area contributed by atoms with Gasteiger partial charge in [0.1, 0.15) is 17.0 Å². The fourth-order valence-corrected chi connectivity index (χ4v) is 4.95. The lowest BCUT2D eigenvalue weighted by Crippen LogP contribution is -2.31. The van der Waals surface area contributed by atoms with Gasteiger partial charge in [-0.15, -0.1) is 11.3 Å². The lowest BCUT2D eigenvalue weighted by Gasteiger charge is -2.30. The highest BCUT2D eigenvalue weighted by Crippen LogP contribution is 2.39. The monoisotopic (exact) mass is 385 g/mol. The molecule has 4 heteroatoms. The van der Waals surface area contributed by atoms with Crippen LogP contribution in [0, 0.1) is 0 Å². The predicted molar refractivity (Wildman–Crippen MR) is 118 cm³/mol. The summed E-state index contributed by atoms with van der Waals surface area (Å²) in [4.78, 5) is 12.8. The number of fused-ring (bicyclic) bond motifs is 2. The average Bonchev–Trinajstić information content (AvgIpc) is 3.18. The van der Waals surface area contributed by atoms with Crippen LogP contribution in [-0.4, -0.2) is 16.5 Å². The zero-order chi connectivity index (χ0) is 19.1. The third-order valence-electron chi connectivity index (χ3n) is 5.67. The highest BCUT2D eigenvalue weighted by Gasteiger charge is 2.22. The summed E-state index contributed by atoms with van der Waals surface area (Å²) >= 11 is 1.71. The summed E-state index contributed by atoms with van der Waals surface area (Å²) in [5.41, 5.74) is 6.71. The molecule has 0 amide bonds. The standard InChI is InChI=1S/C24H23N3S/c1-16(2)17-7-9-19(10-8-17)21-14-28-24-22(21)23(25-15-26-24)27-12-11-18-5-3-4-6-20(18)13-27/h3-10,14-16H,11-13H2,1-2H3. The Morgan fingerprint density at radius 3 is 2.54 bits per heavy atom. The zero-order valence-electron chi connectivity index (χ0n) is 16.2. The molecule has 1 aliphatic rings. The van der Waals surface area contributed by atoms with Gasteiger partial charge in [0.15, 0.2) is 0 Å². The van der Waals surface area contributed by atoms with E-state index in [9.17, 15) is 0 Å². The number of nitrogens with zero attached hydrogens (tertiary/aromatic N) is 3. The molecule has 0 fully saturated rings. The number of rotatable bonds is 3. The number of thiophene rings is 1. The Balaban J connectivity index is 1.58. The molecular weight excluding hydrogens is 362 g/mol. The van der Waals surface area contributed by atoms with Crippen molar-refractivity contribution in [3.05, 3.63) is 76.9 Å². The highest BCUT2D eigenvalue weighted by atomic mass is 32.1.